The number of nitrogens with one attached hydrogen (secondary N) is 1. The molecule has 0 saturated carbocycles. The molecular weight excluding hydrogens is 276 g/mol. The molecule has 0 spiro atoms. The molecule has 2 aromatic heterocycles. The normalized spacial score (nSPS) is 17.9. The van der Waals surface area contributed by atoms with Crippen LogP contribution in [0, 0.1) is 19.8 Å². The number of aryl methyl sites for hydroxylation is 2. The van der Waals surface area contributed by atoms with Crippen LogP contribution in [0.5, 0.6) is 0 Å². The maximum absolute atomic E-state index is 13.0. The number of hydrogen-bond acceptors (Lipinski definition) is 2. The van der Waals surface area contributed by atoms with Crippen molar-refractivity contribution in [1.82, 2.24) is 14.5 Å². The van der Waals surface area contributed by atoms with Crippen molar-refractivity contribution in [3.8, 4) is 0 Å². The lowest BCUT2D eigenvalue weighted by Crippen LogP contribution is -2.30. The van der Waals surface area contributed by atoms with Gasteiger partial charge in [-0.2, -0.15) is 0 Å². The smallest absolute Gasteiger partial charge is 0.234 e. The number of carbonyl (C=O) groups excluding carboxylic acids is 1. The van der Waals surface area contributed by atoms with Crippen molar-refractivity contribution in [2.45, 2.75) is 33.1 Å². The van der Waals surface area contributed by atoms with E-state index in [-0.39, 0.29) is 11.8 Å². The Morgan fingerprint density at radius 2 is 2.23 bits per heavy atom. The first-order chi connectivity index (χ1) is 10.7. The van der Waals surface area contributed by atoms with Gasteiger partial charge in [-0.05, 0) is 38.3 Å². The maximum Gasteiger partial charge on any atom is 0.234 e. The molecule has 3 aromatic rings. The molecule has 0 amide bonds. The van der Waals surface area contributed by atoms with Gasteiger partial charge < -0.3 is 4.98 Å². The first-order valence-corrected chi connectivity index (χ1v) is 7.79. The van der Waals surface area contributed by atoms with Crippen LogP contribution in [0.15, 0.2) is 30.6 Å². The minimum Gasteiger partial charge on any atom is -0.348 e. The number of H-pyrrole nitrogens is 1. The van der Waals surface area contributed by atoms with Gasteiger partial charge in [0.1, 0.15) is 0 Å². The van der Waals surface area contributed by atoms with Crippen LogP contribution in [-0.4, -0.2) is 20.4 Å². The molecule has 0 bridgehead atoms. The van der Waals surface area contributed by atoms with Gasteiger partial charge in [-0.25, -0.2) is 4.98 Å². The quantitative estimate of drug-likeness (QED) is 0.787. The van der Waals surface area contributed by atoms with Crippen molar-refractivity contribution >= 4 is 16.8 Å². The number of carbonyl (C=O) groups is 1. The van der Waals surface area contributed by atoms with E-state index in [1.165, 1.54) is 16.6 Å². The van der Waals surface area contributed by atoms with Crippen LogP contribution < -0.4 is 0 Å². The number of aromatic nitrogens is 3. The summed E-state index contributed by atoms with van der Waals surface area (Å²) in [7, 11) is 0. The zero-order valence-electron chi connectivity index (χ0n) is 12.9. The molecule has 1 unspecified atom stereocenters. The van der Waals surface area contributed by atoms with Gasteiger partial charge in [0.15, 0.2) is 0 Å². The molecule has 4 rings (SSSR count). The Kier molecular flexibility index (Phi) is 2.93. The number of hydrogen-bond donors (Lipinski definition) is 1. The molecule has 22 heavy (non-hydrogen) atoms. The van der Waals surface area contributed by atoms with E-state index in [0.717, 1.165) is 36.2 Å². The fourth-order valence-corrected chi connectivity index (χ4v) is 3.64. The van der Waals surface area contributed by atoms with Gasteiger partial charge in [-0.3, -0.25) is 9.36 Å². The Hall–Kier alpha value is -2.36. The Morgan fingerprint density at radius 3 is 3.00 bits per heavy atom. The average Bonchev–Trinajstić information content (AvgIpc) is 3.05. The molecule has 112 valence electrons. The van der Waals surface area contributed by atoms with Crippen molar-refractivity contribution in [1.29, 1.82) is 0 Å². The van der Waals surface area contributed by atoms with E-state index >= 15 is 0 Å². The van der Waals surface area contributed by atoms with Crippen LogP contribution in [-0.2, 0) is 12.8 Å². The first-order valence-electron chi connectivity index (χ1n) is 7.79. The van der Waals surface area contributed by atoms with Crippen LogP contribution in [0.2, 0.25) is 0 Å². The van der Waals surface area contributed by atoms with Crippen LogP contribution in [0.4, 0.5) is 0 Å². The molecule has 0 saturated heterocycles. The van der Waals surface area contributed by atoms with Crippen molar-refractivity contribution in [3.05, 3.63) is 53.2 Å². The summed E-state index contributed by atoms with van der Waals surface area (Å²) in [4.78, 5) is 20.5. The monoisotopic (exact) mass is 295 g/mol. The lowest BCUT2D eigenvalue weighted by molar-refractivity contribution is 0.0808. The van der Waals surface area contributed by atoms with Crippen LogP contribution in [0.25, 0.3) is 10.9 Å². The molecule has 0 aliphatic carbocycles. The Balaban J connectivity index is 1.77. The summed E-state index contributed by atoms with van der Waals surface area (Å²) in [5, 5.41) is 1.20. The average molecular weight is 295 g/mol. The van der Waals surface area contributed by atoms with E-state index in [1.807, 2.05) is 29.7 Å². The molecule has 0 fully saturated rings. The van der Waals surface area contributed by atoms with E-state index in [1.54, 1.807) is 6.33 Å². The maximum atomic E-state index is 13.0. The van der Waals surface area contributed by atoms with Gasteiger partial charge in [0, 0.05) is 29.1 Å². The predicted octanol–water partition coefficient (Wildman–Crippen LogP) is 3.43. The summed E-state index contributed by atoms with van der Waals surface area (Å²) in [6.07, 6.45) is 4.29. The van der Waals surface area contributed by atoms with Crippen molar-refractivity contribution in [3.63, 3.8) is 0 Å². The van der Waals surface area contributed by atoms with Gasteiger partial charge in [-0.1, -0.05) is 18.2 Å². The lowest BCUT2D eigenvalue weighted by Gasteiger charge is -2.23. The van der Waals surface area contributed by atoms with E-state index in [9.17, 15) is 4.79 Å². The van der Waals surface area contributed by atoms with E-state index < -0.39 is 0 Å². The molecule has 4 nitrogen and oxygen atoms in total. The largest absolute Gasteiger partial charge is 0.348 e. The van der Waals surface area contributed by atoms with E-state index in [2.05, 4.69) is 23.0 Å². The third kappa shape index (κ3) is 1.83. The predicted molar refractivity (Wildman–Crippen MR) is 86.1 cm³/mol. The van der Waals surface area contributed by atoms with E-state index in [4.69, 9.17) is 0 Å². The highest BCUT2D eigenvalue weighted by Crippen LogP contribution is 2.33. The minimum absolute atomic E-state index is 0.0182. The number of rotatable bonds is 2. The number of aromatic amines is 1. The van der Waals surface area contributed by atoms with Gasteiger partial charge >= 0.3 is 0 Å². The van der Waals surface area contributed by atoms with Crippen molar-refractivity contribution in [2.75, 3.05) is 0 Å². The minimum atomic E-state index is 0.0182. The molecule has 0 radical (unpaired) electrons. The molecule has 4 heteroatoms. The summed E-state index contributed by atoms with van der Waals surface area (Å²) in [6, 6.07) is 8.20. The fraction of sp³-hybridized carbons (Fsp3) is 0.333. The molecule has 1 atom stereocenters. The number of benzene rings is 1. The highest BCUT2D eigenvalue weighted by molar-refractivity contribution is 5.97. The van der Waals surface area contributed by atoms with Crippen LogP contribution >= 0.6 is 0 Å². The van der Waals surface area contributed by atoms with Crippen LogP contribution in [0.1, 0.15) is 33.9 Å². The second-order valence-corrected chi connectivity index (χ2v) is 6.18. The zero-order chi connectivity index (χ0) is 15.3. The number of imidazole rings is 1. The van der Waals surface area contributed by atoms with Gasteiger partial charge in [0.25, 0.3) is 0 Å². The van der Waals surface area contributed by atoms with Gasteiger partial charge in [-0.15, -0.1) is 0 Å². The number of fused-ring (bicyclic) bond motifs is 3. The summed E-state index contributed by atoms with van der Waals surface area (Å²) in [5.41, 5.74) is 5.55. The Bertz CT molecular complexity index is 872. The third-order valence-corrected chi connectivity index (χ3v) is 4.93. The Morgan fingerprint density at radius 1 is 1.41 bits per heavy atom. The van der Waals surface area contributed by atoms with Gasteiger partial charge in [0.2, 0.25) is 5.91 Å². The molecular formula is C18H19N3O. The number of nitrogens with zero attached hydrogens (tertiary/aromatic N) is 2. The molecule has 1 aromatic carbocycles. The lowest BCUT2D eigenvalue weighted by atomic mass is 9.92. The fourth-order valence-electron chi connectivity index (χ4n) is 3.64. The highest BCUT2D eigenvalue weighted by atomic mass is 16.2. The second kappa shape index (κ2) is 4.83. The second-order valence-electron chi connectivity index (χ2n) is 6.18. The topological polar surface area (TPSA) is 50.7 Å². The summed E-state index contributed by atoms with van der Waals surface area (Å²) in [6.45, 7) is 4.13. The molecule has 1 N–H and O–H groups in total. The summed E-state index contributed by atoms with van der Waals surface area (Å²) >= 11 is 0. The first kappa shape index (κ1) is 13.3. The van der Waals surface area contributed by atoms with Crippen molar-refractivity contribution < 1.29 is 4.79 Å². The molecule has 1 aliphatic heterocycles. The Labute approximate surface area is 129 Å². The van der Waals surface area contributed by atoms with Gasteiger partial charge in [0.05, 0.1) is 17.5 Å². The zero-order valence-corrected chi connectivity index (χ0v) is 12.9. The third-order valence-electron chi connectivity index (χ3n) is 4.93. The highest BCUT2D eigenvalue weighted by Gasteiger charge is 2.31. The summed E-state index contributed by atoms with van der Waals surface area (Å²) in [5.74, 6) is 0.234. The van der Waals surface area contributed by atoms with Crippen molar-refractivity contribution in [2.24, 2.45) is 5.92 Å². The SMILES string of the molecule is Cc1[nH]cnc1CC1CCc2c([14CH3])c3ccccc3n2C1=O. The van der Waals surface area contributed by atoms with Crippen LogP contribution in [0.3, 0.4) is 0 Å². The molecule has 1 aliphatic rings. The summed E-state index contributed by atoms with van der Waals surface area (Å²) < 4.78 is 1.95. The standard InChI is InChI=1S/C18H19N3O/c1-11-14-5-3-4-6-17(14)21-16(11)8-7-13(18(21)22)9-15-12(2)19-10-20-15/h3-6,10,13H,7-9H2,1-2H3,(H,19,20)/i1+2. The van der Waals surface area contributed by atoms with E-state index in [0.29, 0.717) is 0 Å². The number of para-hydroxylation sites is 1. The molecule has 3 heterocycles.